The van der Waals surface area contributed by atoms with Crippen molar-refractivity contribution in [1.29, 1.82) is 0 Å². The fourth-order valence-corrected chi connectivity index (χ4v) is 2.09. The standard InChI is InChI=1S/C12H22N2O3/c1-11(2,3)17-10(16)14-9(15)8(7-13)6-12(14,4)5/h8H,6-7,13H2,1-5H3. The first kappa shape index (κ1) is 14.0. The molecule has 1 aliphatic heterocycles. The summed E-state index contributed by atoms with van der Waals surface area (Å²) in [5, 5.41) is 0. The number of rotatable bonds is 1. The molecule has 1 unspecified atom stereocenters. The summed E-state index contributed by atoms with van der Waals surface area (Å²) in [5.74, 6) is -0.510. The summed E-state index contributed by atoms with van der Waals surface area (Å²) < 4.78 is 5.25. The Kier molecular flexibility index (Phi) is 3.52. The zero-order valence-corrected chi connectivity index (χ0v) is 11.2. The van der Waals surface area contributed by atoms with E-state index in [1.807, 2.05) is 13.8 Å². The van der Waals surface area contributed by atoms with Crippen molar-refractivity contribution < 1.29 is 14.3 Å². The highest BCUT2D eigenvalue weighted by molar-refractivity contribution is 5.96. The van der Waals surface area contributed by atoms with Crippen LogP contribution in [0, 0.1) is 5.92 Å². The summed E-state index contributed by atoms with van der Waals surface area (Å²) in [7, 11) is 0. The summed E-state index contributed by atoms with van der Waals surface area (Å²) in [4.78, 5) is 25.2. The van der Waals surface area contributed by atoms with Crippen molar-refractivity contribution in [2.24, 2.45) is 11.7 Å². The van der Waals surface area contributed by atoms with E-state index in [4.69, 9.17) is 10.5 Å². The van der Waals surface area contributed by atoms with Crippen molar-refractivity contribution in [3.8, 4) is 0 Å². The third-order valence-electron chi connectivity index (χ3n) is 2.78. The second kappa shape index (κ2) is 4.29. The maximum Gasteiger partial charge on any atom is 0.417 e. The van der Waals surface area contributed by atoms with Gasteiger partial charge in [0.15, 0.2) is 0 Å². The second-order valence-corrected chi connectivity index (χ2v) is 6.10. The van der Waals surface area contributed by atoms with E-state index < -0.39 is 17.2 Å². The van der Waals surface area contributed by atoms with E-state index in [0.29, 0.717) is 6.42 Å². The molecular formula is C12H22N2O3. The van der Waals surface area contributed by atoms with Crippen molar-refractivity contribution in [2.45, 2.75) is 52.2 Å². The van der Waals surface area contributed by atoms with E-state index in [2.05, 4.69) is 0 Å². The smallest absolute Gasteiger partial charge is 0.417 e. The van der Waals surface area contributed by atoms with Gasteiger partial charge in [-0.15, -0.1) is 0 Å². The maximum absolute atomic E-state index is 12.0. The Morgan fingerprint density at radius 1 is 1.53 bits per heavy atom. The number of nitrogens with two attached hydrogens (primary N) is 1. The van der Waals surface area contributed by atoms with E-state index >= 15 is 0 Å². The van der Waals surface area contributed by atoms with Gasteiger partial charge in [0.05, 0.1) is 5.92 Å². The number of nitrogens with zero attached hydrogens (tertiary/aromatic N) is 1. The van der Waals surface area contributed by atoms with Crippen LogP contribution in [-0.2, 0) is 9.53 Å². The molecule has 98 valence electrons. The zero-order valence-electron chi connectivity index (χ0n) is 11.2. The van der Waals surface area contributed by atoms with Gasteiger partial charge in [0, 0.05) is 12.1 Å². The summed E-state index contributed by atoms with van der Waals surface area (Å²) in [6.45, 7) is 9.30. The van der Waals surface area contributed by atoms with Gasteiger partial charge in [0.25, 0.3) is 0 Å². The van der Waals surface area contributed by atoms with Gasteiger partial charge >= 0.3 is 6.09 Å². The van der Waals surface area contributed by atoms with Crippen molar-refractivity contribution in [3.63, 3.8) is 0 Å². The summed E-state index contributed by atoms with van der Waals surface area (Å²) >= 11 is 0. The lowest BCUT2D eigenvalue weighted by Gasteiger charge is -2.31. The average molecular weight is 242 g/mol. The van der Waals surface area contributed by atoms with Gasteiger partial charge < -0.3 is 10.5 Å². The molecule has 2 amide bonds. The van der Waals surface area contributed by atoms with Crippen LogP contribution >= 0.6 is 0 Å². The van der Waals surface area contributed by atoms with Crippen molar-refractivity contribution in [2.75, 3.05) is 6.54 Å². The molecule has 5 heteroatoms. The molecule has 0 saturated carbocycles. The molecule has 0 radical (unpaired) electrons. The maximum atomic E-state index is 12.0. The average Bonchev–Trinajstić information content (AvgIpc) is 2.32. The first-order valence-electron chi connectivity index (χ1n) is 5.85. The van der Waals surface area contributed by atoms with Gasteiger partial charge in [-0.1, -0.05) is 0 Å². The molecule has 0 bridgehead atoms. The lowest BCUT2D eigenvalue weighted by Crippen LogP contribution is -2.47. The van der Waals surface area contributed by atoms with Crippen LogP contribution in [0.3, 0.4) is 0 Å². The number of likely N-dealkylation sites (tertiary alicyclic amines) is 1. The minimum Gasteiger partial charge on any atom is -0.443 e. The summed E-state index contributed by atoms with van der Waals surface area (Å²) in [6.07, 6.45) is 0.00476. The monoisotopic (exact) mass is 242 g/mol. The van der Waals surface area contributed by atoms with Crippen molar-refractivity contribution >= 4 is 12.0 Å². The SMILES string of the molecule is CC(C)(C)OC(=O)N1C(=O)C(CN)CC1(C)C. The fraction of sp³-hybridized carbons (Fsp3) is 0.833. The third-order valence-corrected chi connectivity index (χ3v) is 2.78. The molecule has 0 aromatic carbocycles. The molecule has 1 rings (SSSR count). The minimum atomic E-state index is -0.603. The Hall–Kier alpha value is -1.10. The molecule has 0 spiro atoms. The van der Waals surface area contributed by atoms with Gasteiger partial charge in [-0.05, 0) is 41.0 Å². The second-order valence-electron chi connectivity index (χ2n) is 6.10. The minimum absolute atomic E-state index is 0.230. The number of carbonyl (C=O) groups excluding carboxylic acids is 2. The van der Waals surface area contributed by atoms with Crippen LogP contribution in [0.4, 0.5) is 4.79 Å². The quantitative estimate of drug-likeness (QED) is 0.756. The molecule has 1 saturated heterocycles. The molecule has 5 nitrogen and oxygen atoms in total. The molecule has 0 aromatic heterocycles. The van der Waals surface area contributed by atoms with Crippen LogP contribution in [0.5, 0.6) is 0 Å². The molecule has 1 atom stereocenters. The Bertz CT molecular complexity index is 331. The highest BCUT2D eigenvalue weighted by atomic mass is 16.6. The predicted octanol–water partition coefficient (Wildman–Crippen LogP) is 1.51. The van der Waals surface area contributed by atoms with Gasteiger partial charge in [0.2, 0.25) is 5.91 Å². The normalized spacial score (nSPS) is 24.0. The van der Waals surface area contributed by atoms with Gasteiger partial charge in [-0.3, -0.25) is 4.79 Å². The Balaban J connectivity index is 2.89. The van der Waals surface area contributed by atoms with E-state index in [9.17, 15) is 9.59 Å². The molecule has 1 heterocycles. The van der Waals surface area contributed by atoms with Crippen LogP contribution in [0.1, 0.15) is 41.0 Å². The van der Waals surface area contributed by atoms with E-state index in [1.165, 1.54) is 4.90 Å². The molecule has 17 heavy (non-hydrogen) atoms. The van der Waals surface area contributed by atoms with Crippen LogP contribution in [0.2, 0.25) is 0 Å². The number of hydrogen-bond acceptors (Lipinski definition) is 4. The molecule has 1 aliphatic rings. The fourth-order valence-electron chi connectivity index (χ4n) is 2.09. The van der Waals surface area contributed by atoms with Crippen LogP contribution in [0.25, 0.3) is 0 Å². The third kappa shape index (κ3) is 2.97. The molecule has 2 N–H and O–H groups in total. The Labute approximate surface area is 102 Å². The molecule has 0 aromatic rings. The van der Waals surface area contributed by atoms with E-state index in [-0.39, 0.29) is 18.4 Å². The summed E-state index contributed by atoms with van der Waals surface area (Å²) in [6, 6.07) is 0. The van der Waals surface area contributed by atoms with E-state index in [1.54, 1.807) is 20.8 Å². The Morgan fingerprint density at radius 2 is 2.06 bits per heavy atom. The number of amides is 2. The van der Waals surface area contributed by atoms with Gasteiger partial charge in [-0.25, -0.2) is 9.69 Å². The number of imide groups is 1. The van der Waals surface area contributed by atoms with Crippen LogP contribution in [0.15, 0.2) is 0 Å². The first-order chi connectivity index (χ1) is 7.58. The first-order valence-corrected chi connectivity index (χ1v) is 5.85. The predicted molar refractivity (Wildman–Crippen MR) is 64.3 cm³/mol. The Morgan fingerprint density at radius 3 is 2.41 bits per heavy atom. The molecule has 0 aliphatic carbocycles. The van der Waals surface area contributed by atoms with Gasteiger partial charge in [0.1, 0.15) is 5.60 Å². The highest BCUT2D eigenvalue weighted by Gasteiger charge is 2.49. The van der Waals surface area contributed by atoms with Crippen LogP contribution in [-0.4, -0.2) is 34.6 Å². The molecular weight excluding hydrogens is 220 g/mol. The molecule has 1 fully saturated rings. The number of ether oxygens (including phenoxy) is 1. The zero-order chi connectivity index (χ0) is 13.4. The lowest BCUT2D eigenvalue weighted by atomic mass is 9.96. The van der Waals surface area contributed by atoms with Crippen molar-refractivity contribution in [3.05, 3.63) is 0 Å². The van der Waals surface area contributed by atoms with Crippen LogP contribution < -0.4 is 5.73 Å². The number of hydrogen-bond donors (Lipinski definition) is 1. The summed E-state index contributed by atoms with van der Waals surface area (Å²) in [5.41, 5.74) is 4.41. The lowest BCUT2D eigenvalue weighted by molar-refractivity contribution is -0.132. The van der Waals surface area contributed by atoms with Gasteiger partial charge in [-0.2, -0.15) is 0 Å². The van der Waals surface area contributed by atoms with E-state index in [0.717, 1.165) is 0 Å². The number of carbonyl (C=O) groups is 2. The largest absolute Gasteiger partial charge is 0.443 e. The highest BCUT2D eigenvalue weighted by Crippen LogP contribution is 2.34. The van der Waals surface area contributed by atoms with Crippen molar-refractivity contribution in [1.82, 2.24) is 4.90 Å². The topological polar surface area (TPSA) is 72.6 Å².